The highest BCUT2D eigenvalue weighted by Crippen LogP contribution is 2.21. The zero-order valence-corrected chi connectivity index (χ0v) is 12.1. The smallest absolute Gasteiger partial charge is 0.343 e. The average molecular weight is 303 g/mol. The van der Waals surface area contributed by atoms with Gasteiger partial charge in [-0.15, -0.1) is 0 Å². The molecule has 1 rings (SSSR count). The van der Waals surface area contributed by atoms with Gasteiger partial charge in [-0.2, -0.15) is 0 Å². The number of hydrogen-bond acceptors (Lipinski definition) is 6. The van der Waals surface area contributed by atoms with Crippen molar-refractivity contribution in [2.45, 2.75) is 11.8 Å². The molecule has 0 unspecified atom stereocenters. The number of carbonyl (C=O) groups is 1. The Kier molecular flexibility index (Phi) is 5.93. The van der Waals surface area contributed by atoms with E-state index in [9.17, 15) is 13.2 Å². The molecule has 7 nitrogen and oxygen atoms in total. The number of rotatable bonds is 7. The van der Waals surface area contributed by atoms with Crippen molar-refractivity contribution in [3.63, 3.8) is 0 Å². The van der Waals surface area contributed by atoms with E-state index >= 15 is 0 Å². The van der Waals surface area contributed by atoms with Crippen molar-refractivity contribution < 1.29 is 27.8 Å². The Hall–Kier alpha value is -1.64. The van der Waals surface area contributed by atoms with Crippen LogP contribution >= 0.6 is 0 Å². The van der Waals surface area contributed by atoms with E-state index in [-0.39, 0.29) is 24.7 Å². The van der Waals surface area contributed by atoms with Crippen molar-refractivity contribution >= 4 is 16.0 Å². The van der Waals surface area contributed by atoms with E-state index in [1.54, 1.807) is 6.92 Å². The minimum atomic E-state index is -3.65. The summed E-state index contributed by atoms with van der Waals surface area (Å²) in [5.41, 5.74) is 0.570. The number of aliphatic hydroxyl groups excluding tert-OH is 1. The lowest BCUT2D eigenvalue weighted by atomic mass is 10.2. The van der Waals surface area contributed by atoms with Crippen LogP contribution < -0.4 is 9.46 Å². The molecule has 20 heavy (non-hydrogen) atoms. The highest BCUT2D eigenvalue weighted by Gasteiger charge is 2.15. The highest BCUT2D eigenvalue weighted by atomic mass is 32.2. The number of hydrogen-bond donors (Lipinski definition) is 2. The summed E-state index contributed by atoms with van der Waals surface area (Å²) < 4.78 is 35.5. The van der Waals surface area contributed by atoms with Gasteiger partial charge in [0.05, 0.1) is 18.6 Å². The largest absolute Gasteiger partial charge is 0.482 e. The van der Waals surface area contributed by atoms with Gasteiger partial charge < -0.3 is 14.6 Å². The molecule has 0 radical (unpaired) electrons. The van der Waals surface area contributed by atoms with Crippen molar-refractivity contribution in [1.82, 2.24) is 4.72 Å². The summed E-state index contributed by atoms with van der Waals surface area (Å²) in [5, 5.41) is 8.63. The Bertz CT molecular complexity index is 569. The van der Waals surface area contributed by atoms with Gasteiger partial charge in [-0.1, -0.05) is 0 Å². The second-order valence-corrected chi connectivity index (χ2v) is 5.68. The fourth-order valence-corrected chi connectivity index (χ4v) is 2.52. The Morgan fingerprint density at radius 3 is 2.65 bits per heavy atom. The van der Waals surface area contributed by atoms with Crippen molar-refractivity contribution in [1.29, 1.82) is 0 Å². The Balaban J connectivity index is 2.85. The van der Waals surface area contributed by atoms with E-state index in [0.717, 1.165) is 0 Å². The third-order valence-corrected chi connectivity index (χ3v) is 3.89. The third-order valence-electron chi connectivity index (χ3n) is 2.43. The monoisotopic (exact) mass is 303 g/mol. The average Bonchev–Trinajstić information content (AvgIpc) is 2.43. The number of carbonyl (C=O) groups excluding carboxylic acids is 1. The van der Waals surface area contributed by atoms with E-state index in [4.69, 9.17) is 9.84 Å². The fourth-order valence-electron chi connectivity index (χ4n) is 1.41. The molecule has 2 N–H and O–H groups in total. The Morgan fingerprint density at radius 1 is 1.40 bits per heavy atom. The number of sulfonamides is 1. The van der Waals surface area contributed by atoms with Gasteiger partial charge in [0.1, 0.15) is 5.75 Å². The topological polar surface area (TPSA) is 102 Å². The number of methoxy groups -OCH3 is 1. The molecule has 1 aromatic rings. The minimum Gasteiger partial charge on any atom is -0.482 e. The number of ether oxygens (including phenoxy) is 2. The number of nitrogens with one attached hydrogen (secondary N) is 1. The quantitative estimate of drug-likeness (QED) is 0.677. The van der Waals surface area contributed by atoms with E-state index < -0.39 is 16.0 Å². The Morgan fingerprint density at radius 2 is 2.10 bits per heavy atom. The van der Waals surface area contributed by atoms with E-state index in [1.807, 2.05) is 0 Å². The maximum atomic E-state index is 11.8. The first-order valence-corrected chi connectivity index (χ1v) is 7.30. The SMILES string of the molecule is COC(=O)COc1ccc(S(=O)(=O)NCCO)cc1C. The summed E-state index contributed by atoms with van der Waals surface area (Å²) in [6, 6.07) is 4.25. The molecule has 0 aliphatic rings. The molecule has 0 spiro atoms. The first-order chi connectivity index (χ1) is 9.40. The van der Waals surface area contributed by atoms with Gasteiger partial charge >= 0.3 is 5.97 Å². The molecule has 0 aliphatic carbocycles. The molecule has 0 fully saturated rings. The van der Waals surface area contributed by atoms with Crippen LogP contribution in [-0.4, -0.2) is 46.4 Å². The molecular formula is C12H17NO6S. The van der Waals surface area contributed by atoms with Crippen molar-refractivity contribution in [2.24, 2.45) is 0 Å². The van der Waals surface area contributed by atoms with Crippen LogP contribution in [0.1, 0.15) is 5.56 Å². The molecular weight excluding hydrogens is 286 g/mol. The third kappa shape index (κ3) is 4.48. The predicted molar refractivity (Wildman–Crippen MR) is 71.0 cm³/mol. The number of esters is 1. The van der Waals surface area contributed by atoms with Crippen LogP contribution in [0.4, 0.5) is 0 Å². The van der Waals surface area contributed by atoms with Crippen molar-refractivity contribution in [3.05, 3.63) is 23.8 Å². The summed E-state index contributed by atoms with van der Waals surface area (Å²) in [5.74, 6) is -0.123. The molecule has 0 saturated heterocycles. The second kappa shape index (κ2) is 7.22. The molecule has 8 heteroatoms. The van der Waals surface area contributed by atoms with Gasteiger partial charge in [-0.3, -0.25) is 0 Å². The van der Waals surface area contributed by atoms with E-state index in [1.165, 1.54) is 25.3 Å². The molecule has 0 amide bonds. The summed E-state index contributed by atoms with van der Waals surface area (Å²) in [6.07, 6.45) is 0. The molecule has 0 saturated carbocycles. The summed E-state index contributed by atoms with van der Waals surface area (Å²) >= 11 is 0. The van der Waals surface area contributed by atoms with Gasteiger partial charge in [0, 0.05) is 6.54 Å². The number of aryl methyl sites for hydroxylation is 1. The fraction of sp³-hybridized carbons (Fsp3) is 0.417. The molecule has 112 valence electrons. The molecule has 0 aromatic heterocycles. The van der Waals surface area contributed by atoms with Gasteiger partial charge in [0.25, 0.3) is 0 Å². The van der Waals surface area contributed by atoms with Crippen LogP contribution in [0.2, 0.25) is 0 Å². The van der Waals surface area contributed by atoms with E-state index in [2.05, 4.69) is 9.46 Å². The highest BCUT2D eigenvalue weighted by molar-refractivity contribution is 7.89. The molecule has 0 aliphatic heterocycles. The van der Waals surface area contributed by atoms with E-state index in [0.29, 0.717) is 11.3 Å². The van der Waals surface area contributed by atoms with Gasteiger partial charge in [-0.05, 0) is 30.7 Å². The minimum absolute atomic E-state index is 0.0536. The van der Waals surface area contributed by atoms with Crippen molar-refractivity contribution in [3.8, 4) is 5.75 Å². The lowest BCUT2D eigenvalue weighted by Crippen LogP contribution is -2.26. The van der Waals surface area contributed by atoms with Crippen LogP contribution in [0.3, 0.4) is 0 Å². The number of benzene rings is 1. The van der Waals surface area contributed by atoms with Crippen LogP contribution in [0.25, 0.3) is 0 Å². The summed E-state index contributed by atoms with van der Waals surface area (Å²) in [4.78, 5) is 11.0. The Labute approximate surface area is 117 Å². The summed E-state index contributed by atoms with van der Waals surface area (Å²) in [7, 11) is -2.40. The van der Waals surface area contributed by atoms with Crippen LogP contribution in [0, 0.1) is 6.92 Å². The first-order valence-electron chi connectivity index (χ1n) is 5.81. The van der Waals surface area contributed by atoms with Crippen LogP contribution in [-0.2, 0) is 19.6 Å². The normalized spacial score (nSPS) is 11.2. The van der Waals surface area contributed by atoms with Crippen molar-refractivity contribution in [2.75, 3.05) is 26.9 Å². The lowest BCUT2D eigenvalue weighted by molar-refractivity contribution is -0.142. The predicted octanol–water partition coefficient (Wildman–Crippen LogP) is -0.183. The van der Waals surface area contributed by atoms with Gasteiger partial charge in [-0.25, -0.2) is 17.9 Å². The molecule has 0 heterocycles. The van der Waals surface area contributed by atoms with Crippen LogP contribution in [0.5, 0.6) is 5.75 Å². The van der Waals surface area contributed by atoms with Crippen LogP contribution in [0.15, 0.2) is 23.1 Å². The maximum Gasteiger partial charge on any atom is 0.343 e. The molecule has 0 atom stereocenters. The second-order valence-electron chi connectivity index (χ2n) is 3.91. The lowest BCUT2D eigenvalue weighted by Gasteiger charge is -2.10. The summed E-state index contributed by atoms with van der Waals surface area (Å²) in [6.45, 7) is 1.09. The molecule has 1 aromatic carbocycles. The zero-order valence-electron chi connectivity index (χ0n) is 11.3. The van der Waals surface area contributed by atoms with Gasteiger partial charge in [0.2, 0.25) is 10.0 Å². The standard InChI is InChI=1S/C12H17NO6S/c1-9-7-10(20(16,17)13-5-6-14)3-4-11(9)19-8-12(15)18-2/h3-4,7,13-14H,5-6,8H2,1-2H3. The van der Waals surface area contributed by atoms with Gasteiger partial charge in [0.15, 0.2) is 6.61 Å². The number of aliphatic hydroxyl groups is 1. The maximum absolute atomic E-state index is 11.8. The zero-order chi connectivity index (χ0) is 15.2. The first kappa shape index (κ1) is 16.4. The molecule has 0 bridgehead atoms.